The number of carbonyl (C=O) groups is 4. The first-order valence-corrected chi connectivity index (χ1v) is 11.0. The normalized spacial score (nSPS) is 18.0. The second-order valence-electron chi connectivity index (χ2n) is 8.29. The molecule has 1 aliphatic rings. The molecule has 1 fully saturated rings. The summed E-state index contributed by atoms with van der Waals surface area (Å²) < 4.78 is 0. The summed E-state index contributed by atoms with van der Waals surface area (Å²) >= 11 is 0. The van der Waals surface area contributed by atoms with Crippen LogP contribution in [0.1, 0.15) is 15.9 Å². The molecule has 34 heavy (non-hydrogen) atoms. The van der Waals surface area contributed by atoms with E-state index in [9.17, 15) is 39.6 Å². The third kappa shape index (κ3) is 10.3. The summed E-state index contributed by atoms with van der Waals surface area (Å²) in [5, 5.41) is 37.0. The van der Waals surface area contributed by atoms with Crippen molar-refractivity contribution in [3.8, 4) is 0 Å². The summed E-state index contributed by atoms with van der Waals surface area (Å²) in [6.07, 6.45) is 0. The molecular formula is C22H32N4O8. The zero-order chi connectivity index (χ0) is 25.1. The Hall–Kier alpha value is -3.06. The lowest BCUT2D eigenvalue weighted by Crippen LogP contribution is -2.48. The molecule has 188 valence electrons. The molecule has 12 heteroatoms. The SMILES string of the molecule is O=C(O)CN1CCN(CC(=O)O)CCN(Cc2cccc(C(=O)O)c2)CCN(CC(=O)O)CC1. The van der Waals surface area contributed by atoms with Gasteiger partial charge in [0.1, 0.15) is 0 Å². The van der Waals surface area contributed by atoms with Crippen LogP contribution in [0.25, 0.3) is 0 Å². The van der Waals surface area contributed by atoms with Gasteiger partial charge in [0.25, 0.3) is 0 Å². The van der Waals surface area contributed by atoms with E-state index in [2.05, 4.69) is 0 Å². The zero-order valence-electron chi connectivity index (χ0n) is 19.0. The molecule has 0 unspecified atom stereocenters. The van der Waals surface area contributed by atoms with Crippen LogP contribution in [0, 0.1) is 0 Å². The summed E-state index contributed by atoms with van der Waals surface area (Å²) in [7, 11) is 0. The molecule has 0 aliphatic carbocycles. The Labute approximate surface area is 197 Å². The van der Waals surface area contributed by atoms with Gasteiger partial charge in [-0.05, 0) is 17.7 Å². The smallest absolute Gasteiger partial charge is 0.335 e. The van der Waals surface area contributed by atoms with Gasteiger partial charge in [0.05, 0.1) is 25.2 Å². The Balaban J connectivity index is 2.20. The van der Waals surface area contributed by atoms with Crippen molar-refractivity contribution in [2.75, 3.05) is 72.0 Å². The molecule has 0 amide bonds. The fourth-order valence-corrected chi connectivity index (χ4v) is 3.85. The fourth-order valence-electron chi connectivity index (χ4n) is 3.85. The quantitative estimate of drug-likeness (QED) is 0.354. The Morgan fingerprint density at radius 3 is 1.35 bits per heavy atom. The minimum Gasteiger partial charge on any atom is -0.480 e. The minimum absolute atomic E-state index is 0.172. The molecule has 0 bridgehead atoms. The number of nitrogens with zero attached hydrogens (tertiary/aromatic N) is 4. The van der Waals surface area contributed by atoms with Crippen molar-refractivity contribution in [1.29, 1.82) is 0 Å². The van der Waals surface area contributed by atoms with Crippen molar-refractivity contribution in [1.82, 2.24) is 19.6 Å². The number of carboxylic acid groups (broad SMARTS) is 4. The number of carboxylic acids is 4. The maximum Gasteiger partial charge on any atom is 0.335 e. The summed E-state index contributed by atoms with van der Waals surface area (Å²) in [4.78, 5) is 52.4. The average molecular weight is 481 g/mol. The topological polar surface area (TPSA) is 162 Å². The number of aromatic carboxylic acids is 1. The van der Waals surface area contributed by atoms with Crippen LogP contribution in [0.2, 0.25) is 0 Å². The predicted octanol–water partition coefficient (Wildman–Crippen LogP) is -0.640. The van der Waals surface area contributed by atoms with E-state index in [1.165, 1.54) is 6.07 Å². The molecule has 2 rings (SSSR count). The van der Waals surface area contributed by atoms with Crippen LogP contribution in [0.4, 0.5) is 0 Å². The highest BCUT2D eigenvalue weighted by molar-refractivity contribution is 5.87. The molecule has 4 N–H and O–H groups in total. The van der Waals surface area contributed by atoms with Crippen molar-refractivity contribution in [3.05, 3.63) is 35.4 Å². The molecule has 1 aromatic rings. The lowest BCUT2D eigenvalue weighted by atomic mass is 10.1. The van der Waals surface area contributed by atoms with E-state index in [1.54, 1.807) is 26.8 Å². The third-order valence-electron chi connectivity index (χ3n) is 5.59. The second kappa shape index (κ2) is 13.6. The molecule has 0 spiro atoms. The third-order valence-corrected chi connectivity index (χ3v) is 5.59. The zero-order valence-corrected chi connectivity index (χ0v) is 19.0. The van der Waals surface area contributed by atoms with E-state index in [0.717, 1.165) is 5.56 Å². The monoisotopic (exact) mass is 480 g/mol. The molecule has 1 heterocycles. The first-order chi connectivity index (χ1) is 16.1. The lowest BCUT2D eigenvalue weighted by molar-refractivity contribution is -0.140. The maximum atomic E-state index is 11.3. The number of hydrogen-bond donors (Lipinski definition) is 4. The summed E-state index contributed by atoms with van der Waals surface area (Å²) in [5.74, 6) is -3.99. The number of aliphatic carboxylic acids is 3. The van der Waals surface area contributed by atoms with Gasteiger partial charge in [0.15, 0.2) is 0 Å². The molecule has 0 saturated carbocycles. The number of hydrogen-bond acceptors (Lipinski definition) is 8. The van der Waals surface area contributed by atoms with Crippen LogP contribution in [-0.4, -0.2) is 136 Å². The van der Waals surface area contributed by atoms with Gasteiger partial charge in [-0.15, -0.1) is 0 Å². The van der Waals surface area contributed by atoms with E-state index in [0.29, 0.717) is 58.9 Å². The van der Waals surface area contributed by atoms with E-state index < -0.39 is 23.9 Å². The Morgan fingerprint density at radius 1 is 0.618 bits per heavy atom. The van der Waals surface area contributed by atoms with Crippen LogP contribution in [0.15, 0.2) is 24.3 Å². The molecule has 12 nitrogen and oxygen atoms in total. The van der Waals surface area contributed by atoms with Gasteiger partial charge in [-0.3, -0.25) is 34.0 Å². The van der Waals surface area contributed by atoms with Crippen LogP contribution in [-0.2, 0) is 20.9 Å². The summed E-state index contributed by atoms with van der Waals surface area (Å²) in [5.41, 5.74) is 0.958. The van der Waals surface area contributed by atoms with Gasteiger partial charge in [0.2, 0.25) is 0 Å². The minimum atomic E-state index is -1.03. The van der Waals surface area contributed by atoms with Gasteiger partial charge >= 0.3 is 23.9 Å². The van der Waals surface area contributed by atoms with Crippen molar-refractivity contribution < 1.29 is 39.6 Å². The van der Waals surface area contributed by atoms with E-state index in [1.807, 2.05) is 11.0 Å². The summed E-state index contributed by atoms with van der Waals surface area (Å²) in [6, 6.07) is 6.58. The van der Waals surface area contributed by atoms with Gasteiger partial charge in [-0.2, -0.15) is 0 Å². The molecule has 1 saturated heterocycles. The highest BCUT2D eigenvalue weighted by Gasteiger charge is 2.20. The van der Waals surface area contributed by atoms with Crippen LogP contribution in [0.5, 0.6) is 0 Å². The van der Waals surface area contributed by atoms with Crippen molar-refractivity contribution >= 4 is 23.9 Å². The Morgan fingerprint density at radius 2 is 1.00 bits per heavy atom. The van der Waals surface area contributed by atoms with Crippen molar-refractivity contribution in [3.63, 3.8) is 0 Å². The van der Waals surface area contributed by atoms with E-state index in [-0.39, 0.29) is 25.2 Å². The van der Waals surface area contributed by atoms with E-state index in [4.69, 9.17) is 0 Å². The first-order valence-electron chi connectivity index (χ1n) is 11.0. The average Bonchev–Trinajstić information content (AvgIpc) is 2.74. The number of rotatable bonds is 9. The van der Waals surface area contributed by atoms with E-state index >= 15 is 0 Å². The highest BCUT2D eigenvalue weighted by Crippen LogP contribution is 2.10. The Kier molecular flexibility index (Phi) is 10.9. The van der Waals surface area contributed by atoms with Crippen LogP contribution < -0.4 is 0 Å². The van der Waals surface area contributed by atoms with Gasteiger partial charge < -0.3 is 20.4 Å². The second-order valence-corrected chi connectivity index (χ2v) is 8.29. The Bertz CT molecular complexity index is 833. The predicted molar refractivity (Wildman–Crippen MR) is 121 cm³/mol. The molecule has 1 aromatic carbocycles. The maximum absolute atomic E-state index is 11.3. The van der Waals surface area contributed by atoms with Gasteiger partial charge in [-0.25, -0.2) is 4.79 Å². The fraction of sp³-hybridized carbons (Fsp3) is 0.545. The van der Waals surface area contributed by atoms with Crippen molar-refractivity contribution in [2.45, 2.75) is 6.54 Å². The summed E-state index contributed by atoms with van der Waals surface area (Å²) in [6.45, 7) is 2.97. The van der Waals surface area contributed by atoms with Crippen LogP contribution >= 0.6 is 0 Å². The standard InChI is InChI=1S/C22H32N4O8/c27-19(28)14-24-6-4-23(13-17-2-1-3-18(12-17)22(33)34)5-7-25(15-20(29)30)9-11-26(10-8-24)16-21(31)32/h1-3,12H,4-11,13-16H2,(H,27,28)(H,29,30)(H,31,32)(H,33,34). The molecule has 0 atom stereocenters. The molecular weight excluding hydrogens is 448 g/mol. The largest absolute Gasteiger partial charge is 0.480 e. The van der Waals surface area contributed by atoms with Gasteiger partial charge in [0, 0.05) is 58.9 Å². The first kappa shape index (κ1) is 27.2. The lowest BCUT2D eigenvalue weighted by Gasteiger charge is -2.33. The number of benzene rings is 1. The molecule has 1 aliphatic heterocycles. The van der Waals surface area contributed by atoms with Crippen molar-refractivity contribution in [2.24, 2.45) is 0 Å². The highest BCUT2D eigenvalue weighted by atomic mass is 16.4. The van der Waals surface area contributed by atoms with Gasteiger partial charge in [-0.1, -0.05) is 12.1 Å². The van der Waals surface area contributed by atoms with Crippen LogP contribution in [0.3, 0.4) is 0 Å². The molecule has 0 aromatic heterocycles. The molecule has 0 radical (unpaired) electrons.